The maximum atomic E-state index is 12.8. The number of carbonyl (C=O) groups is 1. The van der Waals surface area contributed by atoms with Crippen LogP contribution in [0.4, 0.5) is 4.39 Å². The van der Waals surface area contributed by atoms with Crippen LogP contribution in [0.1, 0.15) is 22.4 Å². The summed E-state index contributed by atoms with van der Waals surface area (Å²) in [5, 5.41) is 7.72. The minimum atomic E-state index is -0.292. The Labute approximate surface area is 133 Å². The van der Waals surface area contributed by atoms with Crippen molar-refractivity contribution in [2.45, 2.75) is 26.8 Å². The van der Waals surface area contributed by atoms with Crippen molar-refractivity contribution in [3.8, 4) is 0 Å². The number of halogens is 1. The highest BCUT2D eigenvalue weighted by molar-refractivity contribution is 5.88. The number of fused-ring (bicyclic) bond motifs is 1. The molecular weight excluding hydrogens is 295 g/mol. The summed E-state index contributed by atoms with van der Waals surface area (Å²) in [7, 11) is 0. The number of nitrogens with one attached hydrogen (secondary N) is 1. The van der Waals surface area contributed by atoms with Crippen LogP contribution in [0.5, 0.6) is 0 Å². The lowest BCUT2D eigenvalue weighted by Gasteiger charge is -2.05. The monoisotopic (exact) mass is 312 g/mol. The van der Waals surface area contributed by atoms with Crippen LogP contribution in [0.25, 0.3) is 11.0 Å². The summed E-state index contributed by atoms with van der Waals surface area (Å²) < 4.78 is 18.2. The maximum Gasteiger partial charge on any atom is 0.226 e. The average Bonchev–Trinajstić information content (AvgIpc) is 2.89. The van der Waals surface area contributed by atoms with Crippen molar-refractivity contribution in [1.82, 2.24) is 10.5 Å². The zero-order valence-electron chi connectivity index (χ0n) is 13.0. The standard InChI is InChI=1S/C18H17FN2O2/c1-11-7-12(2)18-15(21-23-16(18)8-11)9-17(22)20-10-13-3-5-14(19)6-4-13/h3-8H,9-10H2,1-2H3,(H,20,22). The number of carbonyl (C=O) groups excluding carboxylic acids is 1. The zero-order chi connectivity index (χ0) is 16.4. The summed E-state index contributed by atoms with van der Waals surface area (Å²) in [6, 6.07) is 9.99. The SMILES string of the molecule is Cc1cc(C)c2c(CC(=O)NCc3ccc(F)cc3)noc2c1. The normalized spacial score (nSPS) is 10.9. The number of rotatable bonds is 4. The summed E-state index contributed by atoms with van der Waals surface area (Å²) in [5.41, 5.74) is 4.32. The van der Waals surface area contributed by atoms with E-state index in [4.69, 9.17) is 4.52 Å². The number of amides is 1. The molecule has 0 aliphatic heterocycles. The molecule has 3 rings (SSSR count). The van der Waals surface area contributed by atoms with Gasteiger partial charge in [-0.3, -0.25) is 4.79 Å². The molecule has 0 bridgehead atoms. The van der Waals surface area contributed by atoms with Gasteiger partial charge in [-0.1, -0.05) is 23.4 Å². The van der Waals surface area contributed by atoms with Crippen LogP contribution in [-0.2, 0) is 17.8 Å². The second-order valence-electron chi connectivity index (χ2n) is 5.66. The molecule has 0 saturated heterocycles. The van der Waals surface area contributed by atoms with Crippen molar-refractivity contribution < 1.29 is 13.7 Å². The van der Waals surface area contributed by atoms with E-state index in [1.807, 2.05) is 26.0 Å². The molecular formula is C18H17FN2O2. The molecule has 118 valence electrons. The summed E-state index contributed by atoms with van der Waals surface area (Å²) in [6.45, 7) is 4.32. The molecule has 0 spiro atoms. The molecule has 1 aromatic heterocycles. The van der Waals surface area contributed by atoms with Crippen molar-refractivity contribution >= 4 is 16.9 Å². The van der Waals surface area contributed by atoms with E-state index in [9.17, 15) is 9.18 Å². The van der Waals surface area contributed by atoms with E-state index in [1.54, 1.807) is 12.1 Å². The first kappa shape index (κ1) is 15.2. The van der Waals surface area contributed by atoms with Gasteiger partial charge in [0.2, 0.25) is 5.91 Å². The van der Waals surface area contributed by atoms with E-state index < -0.39 is 0 Å². The van der Waals surface area contributed by atoms with Gasteiger partial charge in [-0.15, -0.1) is 0 Å². The van der Waals surface area contributed by atoms with E-state index in [0.29, 0.717) is 17.8 Å². The van der Waals surface area contributed by atoms with Crippen LogP contribution in [-0.4, -0.2) is 11.1 Å². The highest BCUT2D eigenvalue weighted by Gasteiger charge is 2.14. The molecule has 0 saturated carbocycles. The minimum Gasteiger partial charge on any atom is -0.356 e. The predicted molar refractivity (Wildman–Crippen MR) is 85.4 cm³/mol. The average molecular weight is 312 g/mol. The molecule has 0 radical (unpaired) electrons. The van der Waals surface area contributed by atoms with Gasteiger partial charge in [-0.25, -0.2) is 4.39 Å². The highest BCUT2D eigenvalue weighted by atomic mass is 19.1. The number of aryl methyl sites for hydroxylation is 2. The Balaban J connectivity index is 1.69. The predicted octanol–water partition coefficient (Wildman–Crippen LogP) is 3.44. The second kappa shape index (κ2) is 6.20. The van der Waals surface area contributed by atoms with Crippen LogP contribution in [0.3, 0.4) is 0 Å². The number of benzene rings is 2. The van der Waals surface area contributed by atoms with Crippen LogP contribution < -0.4 is 5.32 Å². The molecule has 4 nitrogen and oxygen atoms in total. The molecule has 23 heavy (non-hydrogen) atoms. The quantitative estimate of drug-likeness (QED) is 0.803. The van der Waals surface area contributed by atoms with Crippen molar-refractivity contribution in [1.29, 1.82) is 0 Å². The van der Waals surface area contributed by atoms with Gasteiger partial charge in [0.05, 0.1) is 6.42 Å². The molecule has 0 aliphatic rings. The number of hydrogen-bond acceptors (Lipinski definition) is 3. The molecule has 0 aliphatic carbocycles. The fraction of sp³-hybridized carbons (Fsp3) is 0.222. The first-order chi connectivity index (χ1) is 11.0. The van der Waals surface area contributed by atoms with Gasteiger partial charge < -0.3 is 9.84 Å². The second-order valence-corrected chi connectivity index (χ2v) is 5.66. The fourth-order valence-corrected chi connectivity index (χ4v) is 2.66. The molecule has 3 aromatic rings. The van der Waals surface area contributed by atoms with Crippen LogP contribution in [0.2, 0.25) is 0 Å². The lowest BCUT2D eigenvalue weighted by atomic mass is 10.0. The van der Waals surface area contributed by atoms with Gasteiger partial charge in [0.1, 0.15) is 11.5 Å². The van der Waals surface area contributed by atoms with Gasteiger partial charge in [-0.05, 0) is 48.7 Å². The molecule has 0 unspecified atom stereocenters. The van der Waals surface area contributed by atoms with Crippen LogP contribution in [0.15, 0.2) is 40.9 Å². The lowest BCUT2D eigenvalue weighted by Crippen LogP contribution is -2.24. The number of aromatic nitrogens is 1. The fourth-order valence-electron chi connectivity index (χ4n) is 2.66. The Hall–Kier alpha value is -2.69. The Morgan fingerprint density at radius 3 is 2.70 bits per heavy atom. The van der Waals surface area contributed by atoms with E-state index in [-0.39, 0.29) is 18.1 Å². The van der Waals surface area contributed by atoms with Gasteiger partial charge in [-0.2, -0.15) is 0 Å². The van der Waals surface area contributed by atoms with E-state index >= 15 is 0 Å². The molecule has 0 fully saturated rings. The first-order valence-corrected chi connectivity index (χ1v) is 7.39. The molecule has 1 N–H and O–H groups in total. The van der Waals surface area contributed by atoms with Crippen molar-refractivity contribution in [2.75, 3.05) is 0 Å². The van der Waals surface area contributed by atoms with Crippen molar-refractivity contribution in [3.63, 3.8) is 0 Å². The first-order valence-electron chi connectivity index (χ1n) is 7.39. The zero-order valence-corrected chi connectivity index (χ0v) is 13.0. The van der Waals surface area contributed by atoms with Crippen LogP contribution in [0, 0.1) is 19.7 Å². The molecule has 5 heteroatoms. The third kappa shape index (κ3) is 3.39. The summed E-state index contributed by atoms with van der Waals surface area (Å²) >= 11 is 0. The molecule has 0 atom stereocenters. The molecule has 1 amide bonds. The Bertz CT molecular complexity index is 853. The Kier molecular flexibility index (Phi) is 4.10. The minimum absolute atomic E-state index is 0.149. The van der Waals surface area contributed by atoms with E-state index in [1.165, 1.54) is 12.1 Å². The molecule has 1 heterocycles. The maximum absolute atomic E-state index is 12.8. The topological polar surface area (TPSA) is 55.1 Å². The summed E-state index contributed by atoms with van der Waals surface area (Å²) in [4.78, 5) is 12.1. The van der Waals surface area contributed by atoms with E-state index in [0.717, 1.165) is 22.1 Å². The summed E-state index contributed by atoms with van der Waals surface area (Å²) in [5.74, 6) is -0.440. The van der Waals surface area contributed by atoms with Gasteiger partial charge in [0.25, 0.3) is 0 Å². The third-order valence-corrected chi connectivity index (χ3v) is 3.72. The lowest BCUT2D eigenvalue weighted by molar-refractivity contribution is -0.120. The van der Waals surface area contributed by atoms with E-state index in [2.05, 4.69) is 10.5 Å². The smallest absolute Gasteiger partial charge is 0.226 e. The van der Waals surface area contributed by atoms with Gasteiger partial charge in [0.15, 0.2) is 5.58 Å². The Morgan fingerprint density at radius 2 is 1.96 bits per heavy atom. The highest BCUT2D eigenvalue weighted by Crippen LogP contribution is 2.24. The molecule has 2 aromatic carbocycles. The van der Waals surface area contributed by atoms with Crippen LogP contribution >= 0.6 is 0 Å². The number of hydrogen-bond donors (Lipinski definition) is 1. The third-order valence-electron chi connectivity index (χ3n) is 3.72. The summed E-state index contributed by atoms with van der Waals surface area (Å²) in [6.07, 6.45) is 0.151. The Morgan fingerprint density at radius 1 is 1.22 bits per heavy atom. The van der Waals surface area contributed by atoms with Gasteiger partial charge >= 0.3 is 0 Å². The van der Waals surface area contributed by atoms with Crippen molar-refractivity contribution in [3.05, 3.63) is 64.6 Å². The number of nitrogens with zero attached hydrogens (tertiary/aromatic N) is 1. The van der Waals surface area contributed by atoms with Crippen molar-refractivity contribution in [2.24, 2.45) is 0 Å². The largest absolute Gasteiger partial charge is 0.356 e. The van der Waals surface area contributed by atoms with Gasteiger partial charge in [0, 0.05) is 11.9 Å².